The Morgan fingerprint density at radius 3 is 2.53 bits per heavy atom. The predicted octanol–water partition coefficient (Wildman–Crippen LogP) is 2.83. The lowest BCUT2D eigenvalue weighted by atomic mass is 10.1. The predicted molar refractivity (Wildman–Crippen MR) is 123 cm³/mol. The third kappa shape index (κ3) is 5.85. The molecule has 3 aromatic rings. The molecule has 0 fully saturated rings. The standard InChI is InChI=1S/C22H26N6O3S/c1-5-31-18-9-7-6-8-17(18)28-22(25-26-27-28)32-13-20(30)23-12-19(29)24-21-15(3)10-14(2)11-16(21)4/h6-11H,5,12-13H2,1-4H3,(H,23,30)(H,24,29). The zero-order chi connectivity index (χ0) is 23.1. The summed E-state index contributed by atoms with van der Waals surface area (Å²) in [6, 6.07) is 11.4. The van der Waals surface area contributed by atoms with E-state index in [1.807, 2.05) is 64.1 Å². The van der Waals surface area contributed by atoms with E-state index in [1.165, 1.54) is 16.4 Å². The van der Waals surface area contributed by atoms with Gasteiger partial charge in [0, 0.05) is 5.69 Å². The molecule has 0 atom stereocenters. The van der Waals surface area contributed by atoms with Gasteiger partial charge in [-0.3, -0.25) is 9.59 Å². The van der Waals surface area contributed by atoms with E-state index in [9.17, 15) is 9.59 Å². The van der Waals surface area contributed by atoms with E-state index in [-0.39, 0.29) is 24.1 Å². The van der Waals surface area contributed by atoms with Gasteiger partial charge in [0.1, 0.15) is 11.4 Å². The largest absolute Gasteiger partial charge is 0.492 e. The molecule has 2 aromatic carbocycles. The summed E-state index contributed by atoms with van der Waals surface area (Å²) < 4.78 is 7.16. The van der Waals surface area contributed by atoms with Crippen molar-refractivity contribution in [3.63, 3.8) is 0 Å². The number of nitrogens with one attached hydrogen (secondary N) is 2. The summed E-state index contributed by atoms with van der Waals surface area (Å²) >= 11 is 1.17. The highest BCUT2D eigenvalue weighted by atomic mass is 32.2. The molecule has 0 radical (unpaired) electrons. The molecule has 0 aliphatic carbocycles. The number of carbonyl (C=O) groups excluding carboxylic acids is 2. The average molecular weight is 455 g/mol. The number of aryl methyl sites for hydroxylation is 3. The molecule has 2 amide bonds. The lowest BCUT2D eigenvalue weighted by molar-refractivity contribution is -0.122. The highest BCUT2D eigenvalue weighted by Crippen LogP contribution is 2.26. The molecule has 0 saturated heterocycles. The molecule has 1 aromatic heterocycles. The minimum Gasteiger partial charge on any atom is -0.492 e. The van der Waals surface area contributed by atoms with Gasteiger partial charge in [-0.15, -0.1) is 5.10 Å². The fourth-order valence-electron chi connectivity index (χ4n) is 3.25. The number of tetrazole rings is 1. The zero-order valence-electron chi connectivity index (χ0n) is 18.5. The molecule has 0 saturated carbocycles. The second-order valence-corrected chi connectivity index (χ2v) is 8.10. The Hall–Kier alpha value is -3.40. The number of amides is 2. The van der Waals surface area contributed by atoms with E-state index in [0.29, 0.717) is 23.2 Å². The van der Waals surface area contributed by atoms with E-state index >= 15 is 0 Å². The quantitative estimate of drug-likeness (QED) is 0.478. The van der Waals surface area contributed by atoms with Crippen molar-refractivity contribution < 1.29 is 14.3 Å². The third-order valence-corrected chi connectivity index (χ3v) is 5.47. The number of hydrogen-bond donors (Lipinski definition) is 2. The van der Waals surface area contributed by atoms with Crippen LogP contribution in [0.1, 0.15) is 23.6 Å². The van der Waals surface area contributed by atoms with Gasteiger partial charge in [0.2, 0.25) is 17.0 Å². The van der Waals surface area contributed by atoms with Gasteiger partial charge in [-0.25, -0.2) is 0 Å². The smallest absolute Gasteiger partial charge is 0.243 e. The van der Waals surface area contributed by atoms with Gasteiger partial charge in [0.05, 0.1) is 18.9 Å². The van der Waals surface area contributed by atoms with Crippen LogP contribution in [0.25, 0.3) is 5.69 Å². The molecule has 0 spiro atoms. The van der Waals surface area contributed by atoms with Crippen molar-refractivity contribution in [2.45, 2.75) is 32.9 Å². The number of carbonyl (C=O) groups is 2. The first-order valence-electron chi connectivity index (χ1n) is 10.2. The van der Waals surface area contributed by atoms with E-state index in [2.05, 4.69) is 26.2 Å². The van der Waals surface area contributed by atoms with E-state index < -0.39 is 0 Å². The van der Waals surface area contributed by atoms with Crippen molar-refractivity contribution in [1.29, 1.82) is 0 Å². The first kappa shape index (κ1) is 23.3. The fourth-order valence-corrected chi connectivity index (χ4v) is 3.96. The Morgan fingerprint density at radius 1 is 1.09 bits per heavy atom. The van der Waals surface area contributed by atoms with Gasteiger partial charge in [-0.1, -0.05) is 41.6 Å². The van der Waals surface area contributed by atoms with Crippen LogP contribution in [0.3, 0.4) is 0 Å². The Kier molecular flexibility index (Phi) is 7.82. The van der Waals surface area contributed by atoms with Crippen LogP contribution in [0.15, 0.2) is 41.6 Å². The van der Waals surface area contributed by atoms with Crippen molar-refractivity contribution in [2.75, 3.05) is 24.2 Å². The Balaban J connectivity index is 1.55. The van der Waals surface area contributed by atoms with Crippen LogP contribution < -0.4 is 15.4 Å². The first-order chi connectivity index (χ1) is 15.4. The average Bonchev–Trinajstić information content (AvgIpc) is 3.22. The molecule has 32 heavy (non-hydrogen) atoms. The van der Waals surface area contributed by atoms with Crippen LogP contribution in [0.2, 0.25) is 0 Å². The number of benzene rings is 2. The second kappa shape index (κ2) is 10.8. The van der Waals surface area contributed by atoms with Crippen LogP contribution in [0.4, 0.5) is 5.69 Å². The number of hydrogen-bond acceptors (Lipinski definition) is 7. The normalized spacial score (nSPS) is 10.6. The fraction of sp³-hybridized carbons (Fsp3) is 0.318. The molecule has 0 aliphatic rings. The molecule has 2 N–H and O–H groups in total. The van der Waals surface area contributed by atoms with Gasteiger partial charge < -0.3 is 15.4 Å². The summed E-state index contributed by atoms with van der Waals surface area (Å²) in [7, 11) is 0. The maximum Gasteiger partial charge on any atom is 0.243 e. The molecule has 0 unspecified atom stereocenters. The van der Waals surface area contributed by atoms with Crippen LogP contribution in [0, 0.1) is 20.8 Å². The summed E-state index contributed by atoms with van der Waals surface area (Å²) in [6.45, 7) is 8.18. The number of para-hydroxylation sites is 2. The molecule has 9 nitrogen and oxygen atoms in total. The van der Waals surface area contributed by atoms with Crippen molar-refractivity contribution in [3.8, 4) is 11.4 Å². The zero-order valence-corrected chi connectivity index (χ0v) is 19.3. The lowest BCUT2D eigenvalue weighted by Gasteiger charge is -2.13. The molecule has 0 bridgehead atoms. The maximum absolute atomic E-state index is 12.3. The van der Waals surface area contributed by atoms with Crippen molar-refractivity contribution in [2.24, 2.45) is 0 Å². The first-order valence-corrected chi connectivity index (χ1v) is 11.2. The minimum atomic E-state index is -0.296. The Bertz CT molecular complexity index is 1090. The lowest BCUT2D eigenvalue weighted by Crippen LogP contribution is -2.34. The topological polar surface area (TPSA) is 111 Å². The minimum absolute atomic E-state index is 0.0625. The highest BCUT2D eigenvalue weighted by molar-refractivity contribution is 7.99. The van der Waals surface area contributed by atoms with Crippen molar-refractivity contribution in [1.82, 2.24) is 25.5 Å². The monoisotopic (exact) mass is 454 g/mol. The van der Waals surface area contributed by atoms with Crippen molar-refractivity contribution in [3.05, 3.63) is 53.1 Å². The Labute approximate surface area is 190 Å². The summed E-state index contributed by atoms with van der Waals surface area (Å²) in [5.41, 5.74) is 4.56. The van der Waals surface area contributed by atoms with Crippen LogP contribution in [-0.2, 0) is 9.59 Å². The van der Waals surface area contributed by atoms with Gasteiger partial charge >= 0.3 is 0 Å². The SMILES string of the molecule is CCOc1ccccc1-n1nnnc1SCC(=O)NCC(=O)Nc1c(C)cc(C)cc1C. The number of nitrogens with zero attached hydrogens (tertiary/aromatic N) is 4. The number of rotatable bonds is 9. The summed E-state index contributed by atoms with van der Waals surface area (Å²) in [5.74, 6) is 0.128. The highest BCUT2D eigenvalue weighted by Gasteiger charge is 2.15. The second-order valence-electron chi connectivity index (χ2n) is 7.16. The van der Waals surface area contributed by atoms with Gasteiger partial charge in [0.25, 0.3) is 0 Å². The third-order valence-electron chi connectivity index (χ3n) is 4.55. The van der Waals surface area contributed by atoms with Gasteiger partial charge in [-0.2, -0.15) is 4.68 Å². The number of thioether (sulfide) groups is 1. The summed E-state index contributed by atoms with van der Waals surface area (Å²) in [4.78, 5) is 24.6. The van der Waals surface area contributed by atoms with E-state index in [1.54, 1.807) is 0 Å². The van der Waals surface area contributed by atoms with Gasteiger partial charge in [-0.05, 0) is 61.4 Å². The van der Waals surface area contributed by atoms with Gasteiger partial charge in [0.15, 0.2) is 0 Å². The van der Waals surface area contributed by atoms with Crippen LogP contribution >= 0.6 is 11.8 Å². The maximum atomic E-state index is 12.3. The number of ether oxygens (including phenoxy) is 1. The van der Waals surface area contributed by atoms with Crippen LogP contribution in [-0.4, -0.2) is 50.9 Å². The van der Waals surface area contributed by atoms with Crippen molar-refractivity contribution >= 4 is 29.3 Å². The van der Waals surface area contributed by atoms with Crippen LogP contribution in [0.5, 0.6) is 5.75 Å². The molecule has 1 heterocycles. The van der Waals surface area contributed by atoms with E-state index in [0.717, 1.165) is 22.4 Å². The number of aromatic nitrogens is 4. The Morgan fingerprint density at radius 2 is 1.81 bits per heavy atom. The number of anilines is 1. The summed E-state index contributed by atoms with van der Waals surface area (Å²) in [6.07, 6.45) is 0. The molecular weight excluding hydrogens is 428 g/mol. The molecular formula is C22H26N6O3S. The van der Waals surface area contributed by atoms with E-state index in [4.69, 9.17) is 4.74 Å². The molecule has 3 rings (SSSR count). The molecule has 10 heteroatoms. The molecule has 168 valence electrons. The molecule has 0 aliphatic heterocycles. The summed E-state index contributed by atoms with van der Waals surface area (Å²) in [5, 5.41) is 17.7.